The van der Waals surface area contributed by atoms with Gasteiger partial charge in [0.2, 0.25) is 0 Å². The molecule has 46 heavy (non-hydrogen) atoms. The van der Waals surface area contributed by atoms with E-state index in [1.54, 1.807) is 53.7 Å². The average Bonchev–Trinajstić information content (AvgIpc) is 3.40. The predicted molar refractivity (Wildman–Crippen MR) is 177 cm³/mol. The molecule has 0 unspecified atom stereocenters. The highest BCUT2D eigenvalue weighted by molar-refractivity contribution is 5.96. The van der Waals surface area contributed by atoms with Gasteiger partial charge in [-0.3, -0.25) is 0 Å². The summed E-state index contributed by atoms with van der Waals surface area (Å²) in [5, 5.41) is 3.50. The first-order valence-electron chi connectivity index (χ1n) is 15.4. The first-order valence-corrected chi connectivity index (χ1v) is 15.4. The van der Waals surface area contributed by atoms with E-state index in [0.717, 1.165) is 38.4 Å². The van der Waals surface area contributed by atoms with Gasteiger partial charge in [0.1, 0.15) is 45.7 Å². The fourth-order valence-corrected chi connectivity index (χ4v) is 5.39. The van der Waals surface area contributed by atoms with Crippen LogP contribution in [-0.2, 0) is 9.47 Å². The second kappa shape index (κ2) is 12.4. The summed E-state index contributed by atoms with van der Waals surface area (Å²) in [5.41, 5.74) is 0.315. The molecular formula is C38H40O8. The summed E-state index contributed by atoms with van der Waals surface area (Å²) in [6.07, 6.45) is -1.57. The minimum absolute atomic E-state index is 0.339. The molecule has 240 valence electrons. The summed E-state index contributed by atoms with van der Waals surface area (Å²) in [6, 6.07) is 22.6. The van der Waals surface area contributed by atoms with Crippen LogP contribution in [0.25, 0.3) is 21.5 Å². The van der Waals surface area contributed by atoms with E-state index < -0.39 is 29.4 Å². The first-order chi connectivity index (χ1) is 21.7. The lowest BCUT2D eigenvalue weighted by molar-refractivity contribution is 0.0193. The molecule has 0 saturated carbocycles. The van der Waals surface area contributed by atoms with Crippen molar-refractivity contribution in [3.8, 4) is 23.0 Å². The SMILES string of the molecule is CC.Cc1ccc(C2c3c(ccc4ccc(OC(=O)OC(C)(C)C)cc34)Oc3ccc4ccc(OC(=O)OC(C)(C)C)cc4c32)o1. The molecule has 0 radical (unpaired) electrons. The normalized spacial score (nSPS) is 12.7. The third-order valence-electron chi connectivity index (χ3n) is 7.01. The third-order valence-corrected chi connectivity index (χ3v) is 7.01. The van der Waals surface area contributed by atoms with Crippen LogP contribution in [0.15, 0.2) is 77.2 Å². The molecule has 0 N–H and O–H groups in total. The monoisotopic (exact) mass is 624 g/mol. The standard InChI is InChI=1S/C36H34O8.C2H6/c1-20-8-15-29(39-20)32-30-25-18-23(40-33(37)43-35(2,3)4)13-9-21(25)11-16-27(30)42-28-17-12-22-10-14-24(19-26(22)31(28)32)41-34(38)44-36(5,6)7;1-2/h8-19,32H,1-7H3;1-2H3. The van der Waals surface area contributed by atoms with Crippen molar-refractivity contribution in [3.63, 3.8) is 0 Å². The highest BCUT2D eigenvalue weighted by Crippen LogP contribution is 2.53. The molecule has 6 rings (SSSR count). The maximum Gasteiger partial charge on any atom is 0.514 e. The fourth-order valence-electron chi connectivity index (χ4n) is 5.39. The van der Waals surface area contributed by atoms with Gasteiger partial charge in [0, 0.05) is 11.1 Å². The van der Waals surface area contributed by atoms with E-state index in [1.807, 2.05) is 81.4 Å². The van der Waals surface area contributed by atoms with Gasteiger partial charge in [-0.05, 0) is 119 Å². The lowest BCUT2D eigenvalue weighted by Gasteiger charge is -2.30. The number of carbonyl (C=O) groups excluding carboxylic acids is 2. The molecule has 0 aliphatic carbocycles. The Balaban J connectivity index is 0.00000204. The van der Waals surface area contributed by atoms with E-state index in [9.17, 15) is 9.59 Å². The maximum atomic E-state index is 12.5. The molecule has 0 bridgehead atoms. The zero-order chi connectivity index (χ0) is 33.4. The third kappa shape index (κ3) is 6.96. The Kier molecular flexibility index (Phi) is 8.76. The van der Waals surface area contributed by atoms with Crippen LogP contribution in [0.5, 0.6) is 23.0 Å². The number of furan rings is 1. The van der Waals surface area contributed by atoms with Crippen LogP contribution < -0.4 is 14.2 Å². The van der Waals surface area contributed by atoms with Crippen LogP contribution in [0.4, 0.5) is 9.59 Å². The van der Waals surface area contributed by atoms with Gasteiger partial charge in [0.05, 0.1) is 5.92 Å². The molecule has 0 spiro atoms. The molecule has 1 aliphatic heterocycles. The Morgan fingerprint density at radius 2 is 1.07 bits per heavy atom. The van der Waals surface area contributed by atoms with Crippen LogP contribution in [0.2, 0.25) is 0 Å². The van der Waals surface area contributed by atoms with E-state index >= 15 is 0 Å². The maximum absolute atomic E-state index is 12.5. The molecule has 1 aromatic heterocycles. The average molecular weight is 625 g/mol. The lowest BCUT2D eigenvalue weighted by Crippen LogP contribution is -2.26. The second-order valence-corrected chi connectivity index (χ2v) is 12.8. The van der Waals surface area contributed by atoms with Crippen molar-refractivity contribution in [1.82, 2.24) is 0 Å². The number of hydrogen-bond donors (Lipinski definition) is 0. The molecule has 4 aromatic carbocycles. The van der Waals surface area contributed by atoms with Gasteiger partial charge in [-0.25, -0.2) is 9.59 Å². The molecule has 2 heterocycles. The van der Waals surface area contributed by atoms with E-state index in [-0.39, 0.29) is 0 Å². The van der Waals surface area contributed by atoms with Gasteiger partial charge in [-0.1, -0.05) is 38.1 Å². The van der Waals surface area contributed by atoms with Crippen molar-refractivity contribution >= 4 is 33.9 Å². The van der Waals surface area contributed by atoms with Crippen LogP contribution in [0, 0.1) is 6.92 Å². The van der Waals surface area contributed by atoms with E-state index in [2.05, 4.69) is 0 Å². The Morgan fingerprint density at radius 1 is 0.630 bits per heavy atom. The summed E-state index contributed by atoms with van der Waals surface area (Å²) in [4.78, 5) is 25.0. The Labute approximate surface area is 269 Å². The van der Waals surface area contributed by atoms with Gasteiger partial charge in [-0.2, -0.15) is 0 Å². The largest absolute Gasteiger partial charge is 0.514 e. The van der Waals surface area contributed by atoms with Crippen molar-refractivity contribution in [1.29, 1.82) is 0 Å². The molecule has 0 amide bonds. The number of benzene rings is 4. The molecule has 0 saturated heterocycles. The molecule has 0 atom stereocenters. The number of ether oxygens (including phenoxy) is 5. The first kappa shape index (κ1) is 32.4. The number of carbonyl (C=O) groups is 2. The van der Waals surface area contributed by atoms with Crippen LogP contribution in [0.1, 0.15) is 84.0 Å². The molecule has 8 heteroatoms. The van der Waals surface area contributed by atoms with E-state index in [0.29, 0.717) is 28.8 Å². The number of aryl methyl sites for hydroxylation is 1. The number of fused-ring (bicyclic) bond motifs is 6. The highest BCUT2D eigenvalue weighted by Gasteiger charge is 2.34. The minimum Gasteiger partial charge on any atom is -0.465 e. The predicted octanol–water partition coefficient (Wildman–Crippen LogP) is 10.8. The molecule has 0 fully saturated rings. The van der Waals surface area contributed by atoms with Crippen molar-refractivity contribution < 1.29 is 37.7 Å². The summed E-state index contributed by atoms with van der Waals surface area (Å²) in [7, 11) is 0. The fraction of sp³-hybridized carbons (Fsp3) is 0.316. The topological polar surface area (TPSA) is 93.4 Å². The Morgan fingerprint density at radius 3 is 1.46 bits per heavy atom. The molecule has 8 nitrogen and oxygen atoms in total. The van der Waals surface area contributed by atoms with Crippen molar-refractivity contribution in [2.45, 2.75) is 79.4 Å². The molecule has 5 aromatic rings. The summed E-state index contributed by atoms with van der Waals surface area (Å²) < 4.78 is 34.7. The molecule has 1 aliphatic rings. The smallest absolute Gasteiger partial charge is 0.465 e. The Bertz CT molecular complexity index is 1800. The van der Waals surface area contributed by atoms with Gasteiger partial charge in [0.25, 0.3) is 0 Å². The summed E-state index contributed by atoms with van der Waals surface area (Å²) in [5.74, 6) is 3.06. The zero-order valence-corrected chi connectivity index (χ0v) is 27.8. The summed E-state index contributed by atoms with van der Waals surface area (Å²) in [6.45, 7) is 16.6. The molecular weight excluding hydrogens is 584 g/mol. The number of hydrogen-bond acceptors (Lipinski definition) is 8. The van der Waals surface area contributed by atoms with E-state index in [4.69, 9.17) is 28.1 Å². The van der Waals surface area contributed by atoms with Crippen LogP contribution >= 0.6 is 0 Å². The van der Waals surface area contributed by atoms with Crippen molar-refractivity contribution in [3.05, 3.63) is 95.4 Å². The van der Waals surface area contributed by atoms with Gasteiger partial charge in [-0.15, -0.1) is 0 Å². The van der Waals surface area contributed by atoms with Gasteiger partial charge in [0.15, 0.2) is 0 Å². The summed E-state index contributed by atoms with van der Waals surface area (Å²) >= 11 is 0. The number of rotatable bonds is 3. The Hall–Kier alpha value is -4.98. The van der Waals surface area contributed by atoms with Crippen LogP contribution in [0.3, 0.4) is 0 Å². The second-order valence-electron chi connectivity index (χ2n) is 12.8. The van der Waals surface area contributed by atoms with Crippen molar-refractivity contribution in [2.24, 2.45) is 0 Å². The zero-order valence-electron chi connectivity index (χ0n) is 27.8. The van der Waals surface area contributed by atoms with Crippen LogP contribution in [-0.4, -0.2) is 23.5 Å². The minimum atomic E-state index is -0.787. The highest BCUT2D eigenvalue weighted by atomic mass is 16.7. The van der Waals surface area contributed by atoms with E-state index in [1.165, 1.54) is 0 Å². The van der Waals surface area contributed by atoms with Gasteiger partial charge < -0.3 is 28.1 Å². The quantitative estimate of drug-likeness (QED) is 0.142. The van der Waals surface area contributed by atoms with Crippen molar-refractivity contribution in [2.75, 3.05) is 0 Å². The van der Waals surface area contributed by atoms with Gasteiger partial charge >= 0.3 is 12.3 Å². The lowest BCUT2D eigenvalue weighted by atomic mass is 9.81.